The highest BCUT2D eigenvalue weighted by molar-refractivity contribution is 7.16. The molecule has 0 bridgehead atoms. The summed E-state index contributed by atoms with van der Waals surface area (Å²) in [5.74, 6) is 0.446. The molecule has 1 saturated carbocycles. The van der Waals surface area contributed by atoms with Gasteiger partial charge in [-0.2, -0.15) is 10.1 Å². The molecule has 1 aliphatic heterocycles. The van der Waals surface area contributed by atoms with Gasteiger partial charge in [-0.15, -0.1) is 0 Å². The first-order valence-corrected chi connectivity index (χ1v) is 13.5. The van der Waals surface area contributed by atoms with Crippen LogP contribution in [0.3, 0.4) is 0 Å². The number of alkyl halides is 1. The monoisotopic (exact) mass is 545 g/mol. The average Bonchev–Trinajstić information content (AvgIpc) is 3.49. The Bertz CT molecular complexity index is 1530. The van der Waals surface area contributed by atoms with E-state index in [1.54, 1.807) is 23.7 Å². The fourth-order valence-corrected chi connectivity index (χ4v) is 6.17. The van der Waals surface area contributed by atoms with Crippen LogP contribution in [0.2, 0.25) is 5.02 Å². The van der Waals surface area contributed by atoms with Gasteiger partial charge < -0.3 is 9.64 Å². The summed E-state index contributed by atoms with van der Waals surface area (Å²) >= 11 is 7.34. The number of ether oxygens (including phenoxy) is 1. The van der Waals surface area contributed by atoms with Crippen molar-refractivity contribution in [2.24, 2.45) is 4.99 Å². The lowest BCUT2D eigenvalue weighted by molar-refractivity contribution is -0.0182. The van der Waals surface area contributed by atoms with Gasteiger partial charge in [-0.25, -0.2) is 13.8 Å². The van der Waals surface area contributed by atoms with E-state index in [2.05, 4.69) is 20.1 Å². The largest absolute Gasteiger partial charge is 0.367 e. The number of aromatic amines is 1. The number of fused-ring (bicyclic) bond motifs is 1. The highest BCUT2D eigenvalue weighted by Crippen LogP contribution is 2.43. The maximum absolute atomic E-state index is 15.1. The molecule has 6 rings (SSSR count). The number of aromatic nitrogens is 5. The number of rotatable bonds is 6. The van der Waals surface area contributed by atoms with Crippen molar-refractivity contribution < 1.29 is 13.5 Å². The Kier molecular flexibility index (Phi) is 6.46. The highest BCUT2D eigenvalue weighted by atomic mass is 35.5. The third-order valence-corrected chi connectivity index (χ3v) is 8.18. The van der Waals surface area contributed by atoms with Crippen molar-refractivity contribution in [1.29, 1.82) is 0 Å². The zero-order chi connectivity index (χ0) is 25.7. The third-order valence-electron chi connectivity index (χ3n) is 6.78. The van der Waals surface area contributed by atoms with Crippen molar-refractivity contribution >= 4 is 39.2 Å². The molecular formula is C25H26ClF2N7OS. The smallest absolute Gasteiger partial charge is 0.228 e. The fraction of sp³-hybridized carbons (Fsp3) is 0.440. The molecule has 4 heterocycles. The molecule has 1 aromatic carbocycles. The predicted molar refractivity (Wildman–Crippen MR) is 139 cm³/mol. The molecule has 0 radical (unpaired) electrons. The lowest BCUT2D eigenvalue weighted by Gasteiger charge is -2.37. The van der Waals surface area contributed by atoms with Gasteiger partial charge in [-0.05, 0) is 38.0 Å². The molecule has 0 unspecified atom stereocenters. The summed E-state index contributed by atoms with van der Waals surface area (Å²) in [5, 5.41) is 7.73. The van der Waals surface area contributed by atoms with Gasteiger partial charge in [0.25, 0.3) is 0 Å². The van der Waals surface area contributed by atoms with Gasteiger partial charge in [-0.3, -0.25) is 14.7 Å². The number of nitrogens with zero attached hydrogens (tertiary/aromatic N) is 6. The Labute approximate surface area is 221 Å². The summed E-state index contributed by atoms with van der Waals surface area (Å²) in [4.78, 5) is 16.7. The van der Waals surface area contributed by atoms with E-state index in [0.29, 0.717) is 56.4 Å². The van der Waals surface area contributed by atoms with Crippen molar-refractivity contribution in [3.63, 3.8) is 0 Å². The minimum Gasteiger partial charge on any atom is -0.367 e. The third kappa shape index (κ3) is 4.53. The molecule has 0 amide bonds. The molecule has 12 heteroatoms. The standard InChI is InChI=1S/C25H26ClF2N7OS/c1-13-11-34(12-19(36-13)17-10-30-33-20(17)14-3-4-14)24-31-21(16-6-5-15(26)9-18(16)28)22-23(32-24)35(8-7-27)25(29-2)37-22/h5-6,9-10,13-14,19H,3-4,7-8,11-12H2,1-2H3,(H,30,33)/t13-,19-/m1/s1. The van der Waals surface area contributed by atoms with E-state index in [4.69, 9.17) is 26.3 Å². The number of hydrogen-bond acceptors (Lipinski definition) is 7. The summed E-state index contributed by atoms with van der Waals surface area (Å²) in [6.07, 6.45) is 3.83. The molecule has 3 aromatic heterocycles. The summed E-state index contributed by atoms with van der Waals surface area (Å²) in [5.41, 5.74) is 3.44. The van der Waals surface area contributed by atoms with E-state index < -0.39 is 12.5 Å². The first-order chi connectivity index (χ1) is 18.0. The van der Waals surface area contributed by atoms with Crippen LogP contribution in [-0.2, 0) is 11.3 Å². The molecule has 2 aliphatic rings. The fourth-order valence-electron chi connectivity index (χ4n) is 4.95. The average molecular weight is 546 g/mol. The topological polar surface area (TPSA) is 84.2 Å². The van der Waals surface area contributed by atoms with Crippen LogP contribution in [-0.4, -0.2) is 57.6 Å². The van der Waals surface area contributed by atoms with Crippen molar-refractivity contribution in [2.45, 2.75) is 44.4 Å². The van der Waals surface area contributed by atoms with Crippen molar-refractivity contribution in [1.82, 2.24) is 24.7 Å². The minimum absolute atomic E-state index is 0.0908. The second-order valence-corrected chi connectivity index (χ2v) is 10.9. The maximum atomic E-state index is 15.1. The molecule has 194 valence electrons. The first kappa shape index (κ1) is 24.4. The normalized spacial score (nSPS) is 20.8. The summed E-state index contributed by atoms with van der Waals surface area (Å²) in [6, 6.07) is 4.51. The van der Waals surface area contributed by atoms with Crippen LogP contribution in [0.4, 0.5) is 14.7 Å². The maximum Gasteiger partial charge on any atom is 0.228 e. The van der Waals surface area contributed by atoms with Gasteiger partial charge in [0, 0.05) is 41.4 Å². The number of H-pyrrole nitrogens is 1. The molecule has 0 spiro atoms. The molecule has 37 heavy (non-hydrogen) atoms. The quantitative estimate of drug-likeness (QED) is 0.368. The van der Waals surface area contributed by atoms with Crippen LogP contribution in [0, 0.1) is 5.82 Å². The number of benzene rings is 1. The van der Waals surface area contributed by atoms with Crippen LogP contribution in [0.25, 0.3) is 21.6 Å². The van der Waals surface area contributed by atoms with Crippen LogP contribution >= 0.6 is 22.9 Å². The highest BCUT2D eigenvalue weighted by Gasteiger charge is 2.35. The molecule has 8 nitrogen and oxygen atoms in total. The Morgan fingerprint density at radius 2 is 2.11 bits per heavy atom. The van der Waals surface area contributed by atoms with E-state index in [-0.39, 0.29) is 18.8 Å². The second kappa shape index (κ2) is 9.77. The molecule has 1 aliphatic carbocycles. The SMILES string of the molecule is CN=c1sc2c(-c3ccc(Cl)cc3F)nc(N3C[C@@H](C)O[C@@H](c4cn[nH]c4C4CC4)C3)nc2n1CCF. The van der Waals surface area contributed by atoms with Crippen molar-refractivity contribution in [2.75, 3.05) is 31.7 Å². The van der Waals surface area contributed by atoms with Gasteiger partial charge in [0.05, 0.1) is 31.1 Å². The van der Waals surface area contributed by atoms with Crippen LogP contribution in [0.5, 0.6) is 0 Å². The zero-order valence-electron chi connectivity index (χ0n) is 20.4. The molecular weight excluding hydrogens is 520 g/mol. The molecule has 4 aromatic rings. The van der Waals surface area contributed by atoms with E-state index in [9.17, 15) is 4.39 Å². The Balaban J connectivity index is 1.49. The lowest BCUT2D eigenvalue weighted by atomic mass is 10.1. The lowest BCUT2D eigenvalue weighted by Crippen LogP contribution is -2.44. The van der Waals surface area contributed by atoms with Crippen molar-refractivity contribution in [3.8, 4) is 11.3 Å². The number of halogens is 3. The van der Waals surface area contributed by atoms with E-state index >= 15 is 4.39 Å². The summed E-state index contributed by atoms with van der Waals surface area (Å²) in [7, 11) is 1.65. The van der Waals surface area contributed by atoms with Crippen LogP contribution < -0.4 is 9.70 Å². The minimum atomic E-state index is -0.579. The van der Waals surface area contributed by atoms with E-state index in [1.165, 1.54) is 17.4 Å². The van der Waals surface area contributed by atoms with Crippen molar-refractivity contribution in [3.05, 3.63) is 51.3 Å². The second-order valence-electron chi connectivity index (χ2n) is 9.45. The number of morpholine rings is 1. The number of nitrogens with one attached hydrogen (secondary N) is 1. The Hall–Kier alpha value is -2.89. The Morgan fingerprint density at radius 3 is 2.84 bits per heavy atom. The van der Waals surface area contributed by atoms with Gasteiger partial charge >= 0.3 is 0 Å². The number of anilines is 1. The first-order valence-electron chi connectivity index (χ1n) is 12.3. The summed E-state index contributed by atoms with van der Waals surface area (Å²) in [6.45, 7) is 2.59. The molecule has 1 saturated heterocycles. The number of hydrogen-bond donors (Lipinski definition) is 1. The van der Waals surface area contributed by atoms with Gasteiger partial charge in [-0.1, -0.05) is 22.9 Å². The van der Waals surface area contributed by atoms with E-state index in [1.807, 2.05) is 13.1 Å². The van der Waals surface area contributed by atoms with E-state index in [0.717, 1.165) is 24.1 Å². The van der Waals surface area contributed by atoms with Gasteiger partial charge in [0.2, 0.25) is 5.95 Å². The molecule has 1 N–H and O–H groups in total. The molecule has 2 atom stereocenters. The molecule has 2 fully saturated rings. The van der Waals surface area contributed by atoms with Gasteiger partial charge in [0.1, 0.15) is 23.3 Å². The summed E-state index contributed by atoms with van der Waals surface area (Å²) < 4.78 is 37.4. The van der Waals surface area contributed by atoms with Crippen LogP contribution in [0.15, 0.2) is 29.4 Å². The van der Waals surface area contributed by atoms with Crippen LogP contribution in [0.1, 0.15) is 43.0 Å². The number of aryl methyl sites for hydroxylation is 1. The zero-order valence-corrected chi connectivity index (χ0v) is 22.0. The predicted octanol–water partition coefficient (Wildman–Crippen LogP) is 5.02. The Morgan fingerprint density at radius 1 is 1.27 bits per heavy atom. The number of thiazole rings is 1. The van der Waals surface area contributed by atoms with Gasteiger partial charge in [0.15, 0.2) is 10.4 Å².